The molecule has 22 heavy (non-hydrogen) atoms. The largest absolute Gasteiger partial charge is 0.372 e. The van der Waals surface area contributed by atoms with Gasteiger partial charge in [0.05, 0.1) is 18.3 Å². The first-order chi connectivity index (χ1) is 10.6. The molecule has 0 spiro atoms. The molecule has 2 rings (SSSR count). The number of ether oxygens (including phenoxy) is 1. The number of aromatic nitrogens is 1. The molecule has 0 saturated carbocycles. The van der Waals surface area contributed by atoms with Crippen LogP contribution in [0.4, 0.5) is 0 Å². The molecule has 0 bridgehead atoms. The predicted molar refractivity (Wildman–Crippen MR) is 81.9 cm³/mol. The Hall–Kier alpha value is -1.95. The van der Waals surface area contributed by atoms with Crippen molar-refractivity contribution in [1.29, 1.82) is 0 Å². The van der Waals surface area contributed by atoms with Crippen LogP contribution in [-0.2, 0) is 20.9 Å². The van der Waals surface area contributed by atoms with Crippen molar-refractivity contribution >= 4 is 11.8 Å². The number of nitrogens with one attached hydrogen (secondary N) is 1. The summed E-state index contributed by atoms with van der Waals surface area (Å²) in [4.78, 5) is 29.4. The van der Waals surface area contributed by atoms with Crippen molar-refractivity contribution in [3.05, 3.63) is 29.6 Å². The number of likely N-dealkylation sites (tertiary alicyclic amines) is 1. The van der Waals surface area contributed by atoms with E-state index in [0.717, 1.165) is 30.6 Å². The summed E-state index contributed by atoms with van der Waals surface area (Å²) in [5, 5.41) is 2.74. The first kappa shape index (κ1) is 16.4. The summed E-state index contributed by atoms with van der Waals surface area (Å²) in [5.41, 5.74) is 1.87. The Bertz CT molecular complexity index is 533. The van der Waals surface area contributed by atoms with E-state index in [-0.39, 0.29) is 24.5 Å². The van der Waals surface area contributed by atoms with Gasteiger partial charge in [0.2, 0.25) is 11.8 Å². The molecule has 6 nitrogen and oxygen atoms in total. The lowest BCUT2D eigenvalue weighted by Gasteiger charge is -2.25. The number of carbonyl (C=O) groups is 2. The van der Waals surface area contributed by atoms with Crippen LogP contribution >= 0.6 is 0 Å². The summed E-state index contributed by atoms with van der Waals surface area (Å²) in [7, 11) is 0. The zero-order valence-electron chi connectivity index (χ0n) is 13.2. The van der Waals surface area contributed by atoms with Crippen LogP contribution in [0.3, 0.4) is 0 Å². The minimum Gasteiger partial charge on any atom is -0.372 e. The zero-order chi connectivity index (χ0) is 15.9. The summed E-state index contributed by atoms with van der Waals surface area (Å²) in [6.07, 6.45) is 3.67. The number of amides is 2. The van der Waals surface area contributed by atoms with Crippen LogP contribution in [0.5, 0.6) is 0 Å². The average Bonchev–Trinajstić information content (AvgIpc) is 3.00. The summed E-state index contributed by atoms with van der Waals surface area (Å²) in [5.74, 6) is -0.0499. The normalized spacial score (nSPS) is 17.5. The summed E-state index contributed by atoms with van der Waals surface area (Å²) >= 11 is 0. The molecule has 1 atom stereocenters. The van der Waals surface area contributed by atoms with Gasteiger partial charge in [-0.05, 0) is 37.5 Å². The van der Waals surface area contributed by atoms with Crippen LogP contribution in [0.2, 0.25) is 0 Å². The molecule has 120 valence electrons. The number of hydrogen-bond acceptors (Lipinski definition) is 4. The van der Waals surface area contributed by atoms with E-state index in [9.17, 15) is 9.59 Å². The van der Waals surface area contributed by atoms with E-state index in [1.165, 1.54) is 6.92 Å². The molecule has 0 aliphatic carbocycles. The SMILES string of the molecule is CCOCC(=O)N1CCC[C@H]1c1ccnc(CNC(C)=O)c1. The van der Waals surface area contributed by atoms with Crippen LogP contribution in [0.25, 0.3) is 0 Å². The minimum absolute atomic E-state index is 0.0320. The van der Waals surface area contributed by atoms with Gasteiger partial charge >= 0.3 is 0 Å². The molecule has 0 radical (unpaired) electrons. The number of rotatable bonds is 6. The van der Waals surface area contributed by atoms with Gasteiger partial charge in [-0.1, -0.05) is 0 Å². The van der Waals surface area contributed by atoms with Gasteiger partial charge < -0.3 is 15.0 Å². The third-order valence-corrected chi connectivity index (χ3v) is 3.75. The highest BCUT2D eigenvalue weighted by molar-refractivity contribution is 5.78. The first-order valence-electron chi connectivity index (χ1n) is 7.68. The summed E-state index contributed by atoms with van der Waals surface area (Å²) < 4.78 is 5.23. The molecule has 1 aliphatic heterocycles. The smallest absolute Gasteiger partial charge is 0.249 e. The molecule has 6 heteroatoms. The molecule has 0 aromatic carbocycles. The molecule has 2 amide bonds. The van der Waals surface area contributed by atoms with E-state index >= 15 is 0 Å². The van der Waals surface area contributed by atoms with Crippen molar-refractivity contribution in [2.45, 2.75) is 39.3 Å². The Morgan fingerprint density at radius 1 is 1.50 bits per heavy atom. The van der Waals surface area contributed by atoms with Crippen molar-refractivity contribution in [1.82, 2.24) is 15.2 Å². The maximum Gasteiger partial charge on any atom is 0.249 e. The molecule has 1 aromatic rings. The fourth-order valence-electron chi connectivity index (χ4n) is 2.70. The predicted octanol–water partition coefficient (Wildman–Crippen LogP) is 1.42. The van der Waals surface area contributed by atoms with E-state index in [2.05, 4.69) is 10.3 Å². The fraction of sp³-hybridized carbons (Fsp3) is 0.562. The Morgan fingerprint density at radius 2 is 2.32 bits per heavy atom. The zero-order valence-corrected chi connectivity index (χ0v) is 13.2. The molecule has 1 aromatic heterocycles. The lowest BCUT2D eigenvalue weighted by atomic mass is 10.0. The standard InChI is InChI=1S/C16H23N3O3/c1-3-22-11-16(21)19-8-4-5-15(19)13-6-7-17-14(9-13)10-18-12(2)20/h6-7,9,15H,3-5,8,10-11H2,1-2H3,(H,18,20)/t15-/m0/s1. The van der Waals surface area contributed by atoms with E-state index in [0.29, 0.717) is 13.2 Å². The van der Waals surface area contributed by atoms with Gasteiger partial charge in [-0.3, -0.25) is 14.6 Å². The second-order valence-corrected chi connectivity index (χ2v) is 5.37. The van der Waals surface area contributed by atoms with Gasteiger partial charge in [-0.2, -0.15) is 0 Å². The number of hydrogen-bond donors (Lipinski definition) is 1. The van der Waals surface area contributed by atoms with E-state index < -0.39 is 0 Å². The fourth-order valence-corrected chi connectivity index (χ4v) is 2.70. The Balaban J connectivity index is 2.07. The van der Waals surface area contributed by atoms with Crippen molar-refractivity contribution in [2.24, 2.45) is 0 Å². The second-order valence-electron chi connectivity index (χ2n) is 5.37. The maximum atomic E-state index is 12.2. The Kier molecular flexibility index (Phi) is 5.89. The van der Waals surface area contributed by atoms with Gasteiger partial charge in [-0.15, -0.1) is 0 Å². The van der Waals surface area contributed by atoms with Crippen molar-refractivity contribution < 1.29 is 14.3 Å². The Morgan fingerprint density at radius 3 is 3.05 bits per heavy atom. The van der Waals surface area contributed by atoms with Gasteiger partial charge in [0.15, 0.2) is 0 Å². The summed E-state index contributed by atoms with van der Waals surface area (Å²) in [6, 6.07) is 3.98. The molecular formula is C16H23N3O3. The highest BCUT2D eigenvalue weighted by Gasteiger charge is 2.29. The van der Waals surface area contributed by atoms with Gasteiger partial charge in [0.1, 0.15) is 6.61 Å². The lowest BCUT2D eigenvalue weighted by molar-refractivity contribution is -0.137. The van der Waals surface area contributed by atoms with Crippen LogP contribution in [0.1, 0.15) is 44.0 Å². The number of pyridine rings is 1. The Labute approximate surface area is 130 Å². The summed E-state index contributed by atoms with van der Waals surface area (Å²) in [6.45, 7) is 5.21. The third kappa shape index (κ3) is 4.27. The topological polar surface area (TPSA) is 71.5 Å². The number of carbonyl (C=O) groups excluding carboxylic acids is 2. The van der Waals surface area contributed by atoms with E-state index in [4.69, 9.17) is 4.74 Å². The molecule has 1 aliphatic rings. The quantitative estimate of drug-likeness (QED) is 0.863. The van der Waals surface area contributed by atoms with Crippen LogP contribution in [0, 0.1) is 0 Å². The minimum atomic E-state index is -0.0819. The van der Waals surface area contributed by atoms with Crippen LogP contribution in [0.15, 0.2) is 18.3 Å². The molecule has 1 fully saturated rings. The van der Waals surface area contributed by atoms with Crippen LogP contribution in [-0.4, -0.2) is 41.5 Å². The molecule has 0 unspecified atom stereocenters. The average molecular weight is 305 g/mol. The second kappa shape index (κ2) is 7.89. The van der Waals surface area contributed by atoms with E-state index in [1.54, 1.807) is 6.20 Å². The monoisotopic (exact) mass is 305 g/mol. The lowest BCUT2D eigenvalue weighted by Crippen LogP contribution is -2.33. The van der Waals surface area contributed by atoms with E-state index in [1.807, 2.05) is 24.0 Å². The van der Waals surface area contributed by atoms with Crippen LogP contribution < -0.4 is 5.32 Å². The van der Waals surface area contributed by atoms with Crippen molar-refractivity contribution in [3.63, 3.8) is 0 Å². The molecule has 2 heterocycles. The van der Waals surface area contributed by atoms with Gasteiger partial charge in [-0.25, -0.2) is 0 Å². The van der Waals surface area contributed by atoms with Gasteiger partial charge in [0.25, 0.3) is 0 Å². The molecule has 1 N–H and O–H groups in total. The van der Waals surface area contributed by atoms with Crippen molar-refractivity contribution in [3.8, 4) is 0 Å². The highest BCUT2D eigenvalue weighted by atomic mass is 16.5. The molecular weight excluding hydrogens is 282 g/mol. The van der Waals surface area contributed by atoms with Crippen molar-refractivity contribution in [2.75, 3.05) is 19.8 Å². The maximum absolute atomic E-state index is 12.2. The first-order valence-corrected chi connectivity index (χ1v) is 7.68. The highest BCUT2D eigenvalue weighted by Crippen LogP contribution is 2.32. The molecule has 1 saturated heterocycles. The number of nitrogens with zero attached hydrogens (tertiary/aromatic N) is 2. The van der Waals surface area contributed by atoms with Gasteiger partial charge in [0, 0.05) is 26.3 Å². The third-order valence-electron chi connectivity index (χ3n) is 3.75.